The van der Waals surface area contributed by atoms with E-state index in [1.54, 1.807) is 0 Å². The number of likely N-dealkylation sites (tertiary alicyclic amines) is 1. The molecule has 0 radical (unpaired) electrons. The smallest absolute Gasteiger partial charge is 0.227 e. The van der Waals surface area contributed by atoms with Gasteiger partial charge in [-0.3, -0.25) is 20.4 Å². The monoisotopic (exact) mass is 412 g/mol. The van der Waals surface area contributed by atoms with Crippen molar-refractivity contribution >= 4 is 11.8 Å². The van der Waals surface area contributed by atoms with Crippen molar-refractivity contribution in [2.75, 3.05) is 26.7 Å². The lowest BCUT2D eigenvalue weighted by Crippen LogP contribution is -2.49. The molecule has 2 heterocycles. The average Bonchev–Trinajstić information content (AvgIpc) is 3.18. The van der Waals surface area contributed by atoms with Crippen LogP contribution in [0, 0.1) is 11.8 Å². The lowest BCUT2D eigenvalue weighted by molar-refractivity contribution is -0.142. The SMILES string of the molecule is CN(CC1NNC2CCCCC21)C(=O)C1CCC(=O)N(CCCc2ccccc2)C1. The van der Waals surface area contributed by atoms with Crippen LogP contribution >= 0.6 is 0 Å². The van der Waals surface area contributed by atoms with Gasteiger partial charge in [-0.25, -0.2) is 0 Å². The van der Waals surface area contributed by atoms with Gasteiger partial charge >= 0.3 is 0 Å². The van der Waals surface area contributed by atoms with Crippen LogP contribution in [0.5, 0.6) is 0 Å². The molecule has 1 aromatic rings. The summed E-state index contributed by atoms with van der Waals surface area (Å²) < 4.78 is 0. The standard InChI is InChI=1S/C24H36N4O2/c1-27(17-22-20-11-5-6-12-21(20)25-26-22)24(30)19-13-14-23(29)28(16-19)15-7-10-18-8-3-2-4-9-18/h2-4,8-9,19-22,25-26H,5-7,10-17H2,1H3. The van der Waals surface area contributed by atoms with E-state index in [2.05, 4.69) is 35.1 Å². The summed E-state index contributed by atoms with van der Waals surface area (Å²) in [6.45, 7) is 2.05. The topological polar surface area (TPSA) is 64.7 Å². The fraction of sp³-hybridized carbons (Fsp3) is 0.667. The fourth-order valence-corrected chi connectivity index (χ4v) is 5.47. The number of hydrogen-bond acceptors (Lipinski definition) is 4. The minimum Gasteiger partial charge on any atom is -0.344 e. The molecule has 3 fully saturated rings. The third kappa shape index (κ3) is 5.03. The lowest BCUT2D eigenvalue weighted by atomic mass is 9.81. The molecule has 3 aliphatic rings. The predicted octanol–water partition coefficient (Wildman–Crippen LogP) is 2.35. The molecule has 2 amide bonds. The van der Waals surface area contributed by atoms with Crippen LogP contribution in [-0.2, 0) is 16.0 Å². The van der Waals surface area contributed by atoms with E-state index >= 15 is 0 Å². The average molecular weight is 413 g/mol. The predicted molar refractivity (Wildman–Crippen MR) is 118 cm³/mol. The molecule has 6 nitrogen and oxygen atoms in total. The van der Waals surface area contributed by atoms with E-state index in [0.717, 1.165) is 25.9 Å². The van der Waals surface area contributed by atoms with Gasteiger partial charge in [0.05, 0.1) is 5.92 Å². The minimum absolute atomic E-state index is 0.0686. The molecule has 0 aromatic heterocycles. The van der Waals surface area contributed by atoms with Gasteiger partial charge in [-0.15, -0.1) is 0 Å². The van der Waals surface area contributed by atoms with Crippen molar-refractivity contribution in [3.8, 4) is 0 Å². The maximum absolute atomic E-state index is 13.1. The molecule has 2 aliphatic heterocycles. The van der Waals surface area contributed by atoms with Crippen molar-refractivity contribution in [1.82, 2.24) is 20.7 Å². The Hall–Kier alpha value is -1.92. The third-order valence-electron chi connectivity index (χ3n) is 7.22. The number of aryl methyl sites for hydroxylation is 1. The molecule has 4 rings (SSSR count). The number of hydrogen-bond donors (Lipinski definition) is 2. The van der Waals surface area contributed by atoms with Gasteiger partial charge in [0.15, 0.2) is 0 Å². The number of benzene rings is 1. The highest BCUT2D eigenvalue weighted by atomic mass is 16.2. The van der Waals surface area contributed by atoms with Crippen LogP contribution in [-0.4, -0.2) is 60.4 Å². The van der Waals surface area contributed by atoms with Crippen LogP contribution in [0.4, 0.5) is 0 Å². The summed E-state index contributed by atoms with van der Waals surface area (Å²) in [6, 6.07) is 11.3. The number of fused-ring (bicyclic) bond motifs is 1. The number of piperidine rings is 1. The molecule has 30 heavy (non-hydrogen) atoms. The molecule has 0 spiro atoms. The number of nitrogens with zero attached hydrogens (tertiary/aromatic N) is 2. The molecule has 2 N–H and O–H groups in total. The molecule has 1 aromatic carbocycles. The van der Waals surface area contributed by atoms with Crippen molar-refractivity contribution in [2.45, 2.75) is 63.5 Å². The van der Waals surface area contributed by atoms with Gasteiger partial charge in [0.25, 0.3) is 0 Å². The Morgan fingerprint density at radius 1 is 1.13 bits per heavy atom. The lowest BCUT2D eigenvalue weighted by Gasteiger charge is -2.35. The highest BCUT2D eigenvalue weighted by molar-refractivity contribution is 5.83. The first-order chi connectivity index (χ1) is 14.6. The van der Waals surface area contributed by atoms with E-state index in [0.29, 0.717) is 37.4 Å². The van der Waals surface area contributed by atoms with E-state index in [1.165, 1.54) is 31.2 Å². The number of carbonyl (C=O) groups is 2. The van der Waals surface area contributed by atoms with Gasteiger partial charge in [0.1, 0.15) is 0 Å². The summed E-state index contributed by atoms with van der Waals surface area (Å²) in [7, 11) is 1.93. The molecule has 0 bridgehead atoms. The van der Waals surface area contributed by atoms with E-state index in [1.807, 2.05) is 22.9 Å². The Morgan fingerprint density at radius 2 is 1.93 bits per heavy atom. The van der Waals surface area contributed by atoms with Crippen molar-refractivity contribution in [3.05, 3.63) is 35.9 Å². The Morgan fingerprint density at radius 3 is 2.77 bits per heavy atom. The Balaban J connectivity index is 1.26. The molecule has 4 atom stereocenters. The second kappa shape index (κ2) is 9.92. The zero-order valence-corrected chi connectivity index (χ0v) is 18.2. The number of hydrazine groups is 1. The van der Waals surface area contributed by atoms with Crippen LogP contribution in [0.2, 0.25) is 0 Å². The molecule has 2 saturated heterocycles. The first kappa shape index (κ1) is 21.3. The Bertz CT molecular complexity index is 725. The Labute approximate surface area is 180 Å². The first-order valence-corrected chi connectivity index (χ1v) is 11.7. The summed E-state index contributed by atoms with van der Waals surface area (Å²) in [5, 5.41) is 0. The van der Waals surface area contributed by atoms with E-state index < -0.39 is 0 Å². The van der Waals surface area contributed by atoms with Crippen LogP contribution in [0.1, 0.15) is 50.5 Å². The quantitative estimate of drug-likeness (QED) is 0.722. The van der Waals surface area contributed by atoms with Gasteiger partial charge in [-0.1, -0.05) is 43.2 Å². The highest BCUT2D eigenvalue weighted by Crippen LogP contribution is 2.30. The van der Waals surface area contributed by atoms with Gasteiger partial charge in [0, 0.05) is 45.2 Å². The molecular formula is C24H36N4O2. The van der Waals surface area contributed by atoms with Gasteiger partial charge in [-0.05, 0) is 43.6 Å². The van der Waals surface area contributed by atoms with Crippen molar-refractivity contribution in [2.24, 2.45) is 11.8 Å². The Kier molecular flexibility index (Phi) is 7.05. The zero-order valence-electron chi connectivity index (χ0n) is 18.2. The zero-order chi connectivity index (χ0) is 20.9. The number of amides is 2. The first-order valence-electron chi connectivity index (χ1n) is 11.7. The van der Waals surface area contributed by atoms with E-state index in [4.69, 9.17) is 0 Å². The van der Waals surface area contributed by atoms with Crippen molar-refractivity contribution < 1.29 is 9.59 Å². The van der Waals surface area contributed by atoms with Crippen LogP contribution in [0.15, 0.2) is 30.3 Å². The second-order valence-corrected chi connectivity index (χ2v) is 9.33. The van der Waals surface area contributed by atoms with E-state index in [-0.39, 0.29) is 17.7 Å². The normalized spacial score (nSPS) is 29.0. The molecular weight excluding hydrogens is 376 g/mol. The summed E-state index contributed by atoms with van der Waals surface area (Å²) in [5.74, 6) is 0.940. The molecule has 1 aliphatic carbocycles. The van der Waals surface area contributed by atoms with Crippen LogP contribution in [0.25, 0.3) is 0 Å². The van der Waals surface area contributed by atoms with Gasteiger partial charge in [-0.2, -0.15) is 0 Å². The summed E-state index contributed by atoms with van der Waals surface area (Å²) in [5.41, 5.74) is 8.18. The van der Waals surface area contributed by atoms with Crippen LogP contribution < -0.4 is 10.9 Å². The number of likely N-dealkylation sites (N-methyl/N-ethyl adjacent to an activating group) is 1. The fourth-order valence-electron chi connectivity index (χ4n) is 5.47. The summed E-state index contributed by atoms with van der Waals surface area (Å²) in [4.78, 5) is 29.3. The maximum Gasteiger partial charge on any atom is 0.227 e. The maximum atomic E-state index is 13.1. The summed E-state index contributed by atoms with van der Waals surface area (Å²) in [6.07, 6.45) is 8.14. The van der Waals surface area contributed by atoms with Crippen molar-refractivity contribution in [1.29, 1.82) is 0 Å². The molecule has 164 valence electrons. The van der Waals surface area contributed by atoms with Crippen molar-refractivity contribution in [3.63, 3.8) is 0 Å². The largest absolute Gasteiger partial charge is 0.344 e. The minimum atomic E-state index is -0.0686. The van der Waals surface area contributed by atoms with Crippen LogP contribution in [0.3, 0.4) is 0 Å². The number of rotatable bonds is 7. The molecule has 1 saturated carbocycles. The third-order valence-corrected chi connectivity index (χ3v) is 7.22. The second-order valence-electron chi connectivity index (χ2n) is 9.33. The number of carbonyl (C=O) groups excluding carboxylic acids is 2. The number of nitrogens with one attached hydrogen (secondary N) is 2. The van der Waals surface area contributed by atoms with Gasteiger partial charge in [0.2, 0.25) is 11.8 Å². The molecule has 6 heteroatoms. The summed E-state index contributed by atoms with van der Waals surface area (Å²) >= 11 is 0. The van der Waals surface area contributed by atoms with E-state index in [9.17, 15) is 9.59 Å². The highest BCUT2D eigenvalue weighted by Gasteiger charge is 2.39. The molecule has 4 unspecified atom stereocenters. The van der Waals surface area contributed by atoms with Gasteiger partial charge < -0.3 is 9.80 Å².